The van der Waals surface area contributed by atoms with E-state index in [1.807, 2.05) is 6.92 Å². The molecule has 0 bridgehead atoms. The Hall–Kier alpha value is -4.02. The monoisotopic (exact) mass is 442 g/mol. The summed E-state index contributed by atoms with van der Waals surface area (Å²) in [5, 5.41) is 6.43. The zero-order valence-electron chi connectivity index (χ0n) is 16.8. The maximum atomic E-state index is 12.8. The molecule has 3 heterocycles. The summed E-state index contributed by atoms with van der Waals surface area (Å²) < 4.78 is 45.3. The predicted molar refractivity (Wildman–Crippen MR) is 107 cm³/mol. The largest absolute Gasteiger partial charge is 0.416 e. The van der Waals surface area contributed by atoms with Crippen LogP contribution in [0.2, 0.25) is 0 Å². The first kappa shape index (κ1) is 21.2. The predicted octanol–water partition coefficient (Wildman–Crippen LogP) is 3.83. The molecule has 0 aliphatic heterocycles. The fraction of sp³-hybridized carbons (Fsp3) is 0.190. The van der Waals surface area contributed by atoms with Gasteiger partial charge < -0.3 is 9.84 Å². The second kappa shape index (κ2) is 8.61. The van der Waals surface area contributed by atoms with E-state index in [-0.39, 0.29) is 12.2 Å². The Bertz CT molecular complexity index is 1250. The molecule has 0 radical (unpaired) electrons. The van der Waals surface area contributed by atoms with Crippen molar-refractivity contribution in [3.05, 3.63) is 77.8 Å². The Morgan fingerprint density at radius 1 is 1.19 bits per heavy atom. The van der Waals surface area contributed by atoms with E-state index in [1.165, 1.54) is 24.7 Å². The van der Waals surface area contributed by atoms with Gasteiger partial charge in [0.15, 0.2) is 5.82 Å². The second-order valence-corrected chi connectivity index (χ2v) is 6.82. The zero-order chi connectivity index (χ0) is 22.7. The molecule has 0 unspecified atom stereocenters. The third-order valence-electron chi connectivity index (χ3n) is 4.56. The highest BCUT2D eigenvalue weighted by atomic mass is 19.4. The van der Waals surface area contributed by atoms with Crippen LogP contribution in [0.15, 0.2) is 59.6 Å². The molecule has 32 heavy (non-hydrogen) atoms. The minimum absolute atomic E-state index is 0.0692. The van der Waals surface area contributed by atoms with Crippen LogP contribution in [0.1, 0.15) is 34.4 Å². The molecule has 3 aromatic heterocycles. The Morgan fingerprint density at radius 2 is 2.03 bits per heavy atom. The molecule has 1 N–H and O–H groups in total. The van der Waals surface area contributed by atoms with Crippen LogP contribution in [0.25, 0.3) is 17.3 Å². The van der Waals surface area contributed by atoms with Crippen molar-refractivity contribution in [2.75, 3.05) is 0 Å². The highest BCUT2D eigenvalue weighted by Gasteiger charge is 2.30. The first-order valence-corrected chi connectivity index (χ1v) is 9.61. The van der Waals surface area contributed by atoms with E-state index in [9.17, 15) is 18.0 Å². The number of carbonyl (C=O) groups is 1. The molecule has 8 nitrogen and oxygen atoms in total. The summed E-state index contributed by atoms with van der Waals surface area (Å²) in [7, 11) is 0. The summed E-state index contributed by atoms with van der Waals surface area (Å²) in [6, 6.07) is 8.20. The van der Waals surface area contributed by atoms with Crippen LogP contribution >= 0.6 is 0 Å². The van der Waals surface area contributed by atoms with E-state index in [0.717, 1.165) is 12.1 Å². The lowest BCUT2D eigenvalue weighted by Gasteiger charge is -2.09. The second-order valence-electron chi connectivity index (χ2n) is 6.82. The molecule has 1 aromatic carbocycles. The number of carbonyl (C=O) groups excluding carboxylic acids is 1. The molecular formula is C21H17F3N6O2. The minimum atomic E-state index is -4.44. The van der Waals surface area contributed by atoms with Crippen molar-refractivity contribution in [1.29, 1.82) is 0 Å². The van der Waals surface area contributed by atoms with E-state index in [4.69, 9.17) is 4.52 Å². The number of nitrogens with one attached hydrogen (secondary N) is 1. The lowest BCUT2D eigenvalue weighted by atomic mass is 10.1. The number of rotatable bonds is 6. The van der Waals surface area contributed by atoms with E-state index < -0.39 is 17.6 Å². The Morgan fingerprint density at radius 3 is 2.78 bits per heavy atom. The summed E-state index contributed by atoms with van der Waals surface area (Å²) in [6.45, 7) is 1.85. The number of imidazole rings is 1. The molecule has 0 aliphatic carbocycles. The van der Waals surface area contributed by atoms with Crippen molar-refractivity contribution in [2.24, 2.45) is 0 Å². The molecule has 4 aromatic rings. The van der Waals surface area contributed by atoms with Gasteiger partial charge in [0.25, 0.3) is 11.8 Å². The minimum Gasteiger partial charge on any atom is -0.347 e. The van der Waals surface area contributed by atoms with Crippen molar-refractivity contribution in [3.63, 3.8) is 0 Å². The fourth-order valence-electron chi connectivity index (χ4n) is 2.90. The van der Waals surface area contributed by atoms with Crippen molar-refractivity contribution < 1.29 is 22.5 Å². The van der Waals surface area contributed by atoms with Gasteiger partial charge in [-0.05, 0) is 29.8 Å². The molecule has 11 heteroatoms. The number of aryl methyl sites for hydroxylation is 1. The summed E-state index contributed by atoms with van der Waals surface area (Å²) in [5.74, 6) is 0.885. The number of nitrogens with zero attached hydrogens (tertiary/aromatic N) is 5. The Balaban J connectivity index is 1.46. The van der Waals surface area contributed by atoms with E-state index in [1.54, 1.807) is 22.9 Å². The van der Waals surface area contributed by atoms with Gasteiger partial charge in [0.05, 0.1) is 5.56 Å². The Kier molecular flexibility index (Phi) is 5.71. The first-order chi connectivity index (χ1) is 15.3. The molecule has 0 aliphatic rings. The van der Waals surface area contributed by atoms with Crippen LogP contribution in [0, 0.1) is 0 Å². The number of pyridine rings is 1. The number of halogens is 3. The van der Waals surface area contributed by atoms with Crippen LogP contribution in [0.3, 0.4) is 0 Å². The average Bonchev–Trinajstić information content (AvgIpc) is 3.47. The maximum Gasteiger partial charge on any atom is 0.416 e. The zero-order valence-corrected chi connectivity index (χ0v) is 16.8. The van der Waals surface area contributed by atoms with Crippen molar-refractivity contribution in [1.82, 2.24) is 30.0 Å². The molecule has 0 saturated heterocycles. The highest BCUT2D eigenvalue weighted by molar-refractivity contribution is 5.92. The molecular weight excluding hydrogens is 425 g/mol. The first-order valence-electron chi connectivity index (χ1n) is 9.61. The summed E-state index contributed by atoms with van der Waals surface area (Å²) in [5.41, 5.74) is 0.307. The van der Waals surface area contributed by atoms with Crippen LogP contribution in [-0.4, -0.2) is 30.6 Å². The van der Waals surface area contributed by atoms with E-state index in [2.05, 4.69) is 25.4 Å². The molecule has 0 spiro atoms. The summed E-state index contributed by atoms with van der Waals surface area (Å²) in [4.78, 5) is 25.0. The molecule has 4 rings (SSSR count). The fourth-order valence-corrected chi connectivity index (χ4v) is 2.90. The van der Waals surface area contributed by atoms with Gasteiger partial charge in [-0.15, -0.1) is 0 Å². The van der Waals surface area contributed by atoms with Gasteiger partial charge in [-0.3, -0.25) is 9.36 Å². The molecule has 0 fully saturated rings. The van der Waals surface area contributed by atoms with Gasteiger partial charge in [-0.1, -0.05) is 24.2 Å². The van der Waals surface area contributed by atoms with Gasteiger partial charge in [-0.25, -0.2) is 9.97 Å². The van der Waals surface area contributed by atoms with Gasteiger partial charge in [-0.2, -0.15) is 18.2 Å². The van der Waals surface area contributed by atoms with Crippen molar-refractivity contribution >= 4 is 5.91 Å². The van der Waals surface area contributed by atoms with Crippen molar-refractivity contribution in [2.45, 2.75) is 26.1 Å². The maximum absolute atomic E-state index is 12.8. The van der Waals surface area contributed by atoms with Crippen LogP contribution < -0.4 is 5.32 Å². The third-order valence-corrected chi connectivity index (χ3v) is 4.56. The van der Waals surface area contributed by atoms with Gasteiger partial charge in [0.1, 0.15) is 17.8 Å². The lowest BCUT2D eigenvalue weighted by Crippen LogP contribution is -2.23. The number of alkyl halides is 3. The molecule has 1 amide bonds. The van der Waals surface area contributed by atoms with Crippen LogP contribution in [0.4, 0.5) is 13.2 Å². The smallest absolute Gasteiger partial charge is 0.347 e. The third kappa shape index (κ3) is 4.66. The van der Waals surface area contributed by atoms with E-state index >= 15 is 0 Å². The topological polar surface area (TPSA) is 98.7 Å². The summed E-state index contributed by atoms with van der Waals surface area (Å²) >= 11 is 0. The number of hydrogen-bond acceptors (Lipinski definition) is 6. The quantitative estimate of drug-likeness (QED) is 0.487. The van der Waals surface area contributed by atoms with Gasteiger partial charge in [0.2, 0.25) is 0 Å². The highest BCUT2D eigenvalue weighted by Crippen LogP contribution is 2.29. The number of aromatic nitrogens is 5. The van der Waals surface area contributed by atoms with Crippen LogP contribution in [0.5, 0.6) is 0 Å². The van der Waals surface area contributed by atoms with Gasteiger partial charge >= 0.3 is 6.18 Å². The molecule has 164 valence electrons. The average molecular weight is 442 g/mol. The SMILES string of the molecule is CCc1noc(-c2ccnc(-n3cnc(C(=O)NCc4cccc(C(F)(F)F)c4)c3)c2)n1. The standard InChI is InChI=1S/C21H17F3N6O2/c1-2-17-28-20(32-29-17)14-6-7-25-18(9-14)30-11-16(27-12-30)19(31)26-10-13-4-3-5-15(8-13)21(22,23)24/h3-9,11-12H,2,10H2,1H3,(H,26,31). The van der Waals surface area contributed by atoms with Crippen LogP contribution in [-0.2, 0) is 19.1 Å². The van der Waals surface area contributed by atoms with Gasteiger partial charge in [0, 0.05) is 30.9 Å². The number of benzene rings is 1. The lowest BCUT2D eigenvalue weighted by molar-refractivity contribution is -0.137. The number of amides is 1. The Labute approximate surface area is 180 Å². The summed E-state index contributed by atoms with van der Waals surface area (Å²) in [6.07, 6.45) is 0.644. The van der Waals surface area contributed by atoms with E-state index in [0.29, 0.717) is 35.1 Å². The normalized spacial score (nSPS) is 11.5. The molecule has 0 saturated carbocycles. The number of hydrogen-bond donors (Lipinski definition) is 1. The van der Waals surface area contributed by atoms with Crippen molar-refractivity contribution in [3.8, 4) is 17.3 Å². The molecule has 0 atom stereocenters.